The van der Waals surface area contributed by atoms with E-state index in [1.54, 1.807) is 12.3 Å². The third kappa shape index (κ3) is 2.13. The maximum absolute atomic E-state index is 6.00. The van der Waals surface area contributed by atoms with Crippen molar-refractivity contribution >= 4 is 22.5 Å². The van der Waals surface area contributed by atoms with E-state index >= 15 is 0 Å². The Labute approximate surface area is 121 Å². The number of oxazole rings is 1. The van der Waals surface area contributed by atoms with Crippen molar-refractivity contribution in [3.05, 3.63) is 30.5 Å². The summed E-state index contributed by atoms with van der Waals surface area (Å²) < 4.78 is 16.6. The Kier molecular flexibility index (Phi) is 2.82. The zero-order chi connectivity index (χ0) is 14.2. The summed E-state index contributed by atoms with van der Waals surface area (Å²) >= 11 is 0. The molecule has 1 aromatic carbocycles. The summed E-state index contributed by atoms with van der Waals surface area (Å²) in [7, 11) is 0. The lowest BCUT2D eigenvalue weighted by atomic mass is 10.2. The first-order chi connectivity index (χ1) is 10.3. The van der Waals surface area contributed by atoms with Crippen LogP contribution in [0.25, 0.3) is 22.8 Å². The fourth-order valence-corrected chi connectivity index (χ4v) is 2.58. The minimum absolute atomic E-state index is 0.468. The van der Waals surface area contributed by atoms with Gasteiger partial charge in [0.1, 0.15) is 5.52 Å². The van der Waals surface area contributed by atoms with E-state index in [2.05, 4.69) is 9.88 Å². The molecule has 1 aliphatic heterocycles. The number of anilines is 2. The van der Waals surface area contributed by atoms with Gasteiger partial charge in [-0.25, -0.2) is 4.98 Å². The molecule has 4 rings (SSSR count). The highest BCUT2D eigenvalue weighted by Crippen LogP contribution is 2.34. The predicted molar refractivity (Wildman–Crippen MR) is 79.2 cm³/mol. The smallest absolute Gasteiger partial charge is 0.264 e. The number of morpholine rings is 1. The molecule has 2 N–H and O–H groups in total. The third-order valence-electron chi connectivity index (χ3n) is 3.58. The second kappa shape index (κ2) is 4.82. The van der Waals surface area contributed by atoms with E-state index in [1.165, 1.54) is 0 Å². The maximum Gasteiger partial charge on any atom is 0.264 e. The van der Waals surface area contributed by atoms with Crippen molar-refractivity contribution in [1.29, 1.82) is 0 Å². The zero-order valence-corrected chi connectivity index (χ0v) is 11.4. The minimum atomic E-state index is 0.468. The molecule has 108 valence electrons. The second-order valence-corrected chi connectivity index (χ2v) is 4.98. The highest BCUT2D eigenvalue weighted by atomic mass is 16.5. The summed E-state index contributed by atoms with van der Waals surface area (Å²) in [5.41, 5.74) is 9.10. The number of furan rings is 1. The van der Waals surface area contributed by atoms with Crippen molar-refractivity contribution in [1.82, 2.24) is 4.98 Å². The molecule has 1 aliphatic rings. The Balaban J connectivity index is 1.85. The molecule has 2 aromatic heterocycles. The van der Waals surface area contributed by atoms with E-state index < -0.39 is 0 Å². The lowest BCUT2D eigenvalue weighted by Crippen LogP contribution is -2.36. The monoisotopic (exact) mass is 285 g/mol. The predicted octanol–water partition coefficient (Wildman–Crippen LogP) is 2.51. The van der Waals surface area contributed by atoms with Crippen LogP contribution in [0, 0.1) is 0 Å². The molecular formula is C15H15N3O3. The van der Waals surface area contributed by atoms with Gasteiger partial charge in [0.15, 0.2) is 11.3 Å². The van der Waals surface area contributed by atoms with E-state index in [0.717, 1.165) is 29.9 Å². The number of hydrogen-bond acceptors (Lipinski definition) is 6. The number of ether oxygens (including phenoxy) is 1. The molecule has 6 heteroatoms. The molecule has 0 aliphatic carbocycles. The average molecular weight is 285 g/mol. The van der Waals surface area contributed by atoms with Crippen LogP contribution < -0.4 is 10.6 Å². The summed E-state index contributed by atoms with van der Waals surface area (Å²) in [5, 5.41) is 0. The van der Waals surface area contributed by atoms with Crippen molar-refractivity contribution in [3.8, 4) is 11.7 Å². The molecule has 3 aromatic rings. The lowest BCUT2D eigenvalue weighted by Gasteiger charge is -2.28. The van der Waals surface area contributed by atoms with Gasteiger partial charge < -0.3 is 24.2 Å². The van der Waals surface area contributed by atoms with Gasteiger partial charge in [-0.15, -0.1) is 0 Å². The first-order valence-electron chi connectivity index (χ1n) is 6.88. The topological polar surface area (TPSA) is 77.7 Å². The Bertz CT molecular complexity index is 758. The highest BCUT2D eigenvalue weighted by molar-refractivity contribution is 5.91. The van der Waals surface area contributed by atoms with Gasteiger partial charge >= 0.3 is 0 Å². The van der Waals surface area contributed by atoms with E-state index in [9.17, 15) is 0 Å². The molecule has 6 nitrogen and oxygen atoms in total. The number of aromatic nitrogens is 1. The summed E-state index contributed by atoms with van der Waals surface area (Å²) in [6.45, 7) is 3.04. The van der Waals surface area contributed by atoms with Gasteiger partial charge in [-0.3, -0.25) is 0 Å². The van der Waals surface area contributed by atoms with Gasteiger partial charge in [-0.1, -0.05) is 0 Å². The molecule has 0 atom stereocenters. The van der Waals surface area contributed by atoms with Crippen LogP contribution in [0.4, 0.5) is 11.4 Å². The van der Waals surface area contributed by atoms with Crippen molar-refractivity contribution in [2.24, 2.45) is 0 Å². The molecule has 0 saturated carbocycles. The summed E-state index contributed by atoms with van der Waals surface area (Å²) in [5.74, 6) is 1.08. The van der Waals surface area contributed by atoms with Crippen LogP contribution >= 0.6 is 0 Å². The first kappa shape index (κ1) is 12.3. The van der Waals surface area contributed by atoms with Gasteiger partial charge in [0.25, 0.3) is 5.89 Å². The number of benzene rings is 1. The lowest BCUT2D eigenvalue weighted by molar-refractivity contribution is 0.123. The van der Waals surface area contributed by atoms with Crippen LogP contribution in [0.1, 0.15) is 0 Å². The minimum Gasteiger partial charge on any atom is -0.459 e. The number of rotatable bonds is 2. The van der Waals surface area contributed by atoms with Gasteiger partial charge in [0.2, 0.25) is 0 Å². The second-order valence-electron chi connectivity index (χ2n) is 4.98. The quantitative estimate of drug-likeness (QED) is 0.729. The molecule has 1 fully saturated rings. The molecule has 0 bridgehead atoms. The molecule has 21 heavy (non-hydrogen) atoms. The van der Waals surface area contributed by atoms with Gasteiger partial charge in [-0.2, -0.15) is 0 Å². The highest BCUT2D eigenvalue weighted by Gasteiger charge is 2.19. The number of fused-ring (bicyclic) bond motifs is 1. The fourth-order valence-electron chi connectivity index (χ4n) is 2.58. The Morgan fingerprint density at radius 3 is 2.81 bits per heavy atom. The van der Waals surface area contributed by atoms with Crippen LogP contribution in [0.15, 0.2) is 39.4 Å². The summed E-state index contributed by atoms with van der Waals surface area (Å²) in [4.78, 5) is 6.68. The van der Waals surface area contributed by atoms with Crippen molar-refractivity contribution in [2.75, 3.05) is 36.9 Å². The van der Waals surface area contributed by atoms with Crippen molar-refractivity contribution in [3.63, 3.8) is 0 Å². The Hall–Kier alpha value is -2.47. The normalized spacial score (nSPS) is 15.7. The SMILES string of the molecule is Nc1cc(N2CCOCC2)c2oc(-c3ccco3)nc2c1. The molecular weight excluding hydrogens is 270 g/mol. The van der Waals surface area contributed by atoms with E-state index in [0.29, 0.717) is 30.6 Å². The average Bonchev–Trinajstić information content (AvgIpc) is 3.16. The van der Waals surface area contributed by atoms with E-state index in [-0.39, 0.29) is 0 Å². The van der Waals surface area contributed by atoms with Crippen LogP contribution in [0.5, 0.6) is 0 Å². The third-order valence-corrected chi connectivity index (χ3v) is 3.58. The fraction of sp³-hybridized carbons (Fsp3) is 0.267. The standard InChI is InChI=1S/C15H15N3O3/c16-10-8-11-14(12(9-10)18-3-6-19-7-4-18)21-15(17-11)13-2-1-5-20-13/h1-2,5,8-9H,3-4,6-7,16H2. The number of nitrogen functional groups attached to an aromatic ring is 1. The van der Waals surface area contributed by atoms with Crippen LogP contribution in [0.2, 0.25) is 0 Å². The number of nitrogens with two attached hydrogens (primary N) is 1. The van der Waals surface area contributed by atoms with Gasteiger partial charge in [0.05, 0.1) is 25.2 Å². The van der Waals surface area contributed by atoms with Crippen LogP contribution in [-0.4, -0.2) is 31.3 Å². The Morgan fingerprint density at radius 2 is 2.05 bits per heavy atom. The zero-order valence-electron chi connectivity index (χ0n) is 11.4. The molecule has 0 unspecified atom stereocenters. The Morgan fingerprint density at radius 1 is 1.19 bits per heavy atom. The summed E-state index contributed by atoms with van der Waals surface area (Å²) in [6, 6.07) is 7.36. The van der Waals surface area contributed by atoms with Crippen molar-refractivity contribution in [2.45, 2.75) is 0 Å². The van der Waals surface area contributed by atoms with Crippen molar-refractivity contribution < 1.29 is 13.6 Å². The van der Waals surface area contributed by atoms with Gasteiger partial charge in [-0.05, 0) is 24.3 Å². The molecule has 3 heterocycles. The van der Waals surface area contributed by atoms with E-state index in [4.69, 9.17) is 19.3 Å². The molecule has 0 spiro atoms. The number of nitrogens with zero attached hydrogens (tertiary/aromatic N) is 2. The first-order valence-corrected chi connectivity index (χ1v) is 6.88. The van der Waals surface area contributed by atoms with Crippen LogP contribution in [0.3, 0.4) is 0 Å². The van der Waals surface area contributed by atoms with Gasteiger partial charge in [0, 0.05) is 18.8 Å². The van der Waals surface area contributed by atoms with E-state index in [1.807, 2.05) is 18.2 Å². The van der Waals surface area contributed by atoms with Crippen LogP contribution in [-0.2, 0) is 4.74 Å². The largest absolute Gasteiger partial charge is 0.459 e. The molecule has 0 amide bonds. The molecule has 0 radical (unpaired) electrons. The maximum atomic E-state index is 6.00. The number of hydrogen-bond donors (Lipinski definition) is 1. The summed E-state index contributed by atoms with van der Waals surface area (Å²) in [6.07, 6.45) is 1.60. The molecule has 1 saturated heterocycles.